The second-order valence-corrected chi connectivity index (χ2v) is 5.39. The van der Waals surface area contributed by atoms with Crippen molar-refractivity contribution in [2.75, 3.05) is 12.9 Å². The highest BCUT2D eigenvalue weighted by molar-refractivity contribution is 9.10. The van der Waals surface area contributed by atoms with Crippen molar-refractivity contribution in [3.63, 3.8) is 0 Å². The minimum absolute atomic E-state index is 0.338. The van der Waals surface area contributed by atoms with Crippen LogP contribution in [0.1, 0.15) is 17.3 Å². The highest BCUT2D eigenvalue weighted by atomic mass is 79.9. The van der Waals surface area contributed by atoms with Crippen molar-refractivity contribution >= 4 is 33.7 Å². The number of hydrogen-bond acceptors (Lipinski definition) is 4. The minimum Gasteiger partial charge on any atom is -0.462 e. The molecule has 0 aliphatic carbocycles. The van der Waals surface area contributed by atoms with Crippen LogP contribution in [0.25, 0.3) is 5.69 Å². The van der Waals surface area contributed by atoms with Gasteiger partial charge in [-0.1, -0.05) is 15.9 Å². The van der Waals surface area contributed by atoms with Gasteiger partial charge in [0.05, 0.1) is 18.5 Å². The van der Waals surface area contributed by atoms with E-state index in [-0.39, 0.29) is 5.97 Å². The fraction of sp³-hybridized carbons (Fsp3) is 0.231. The molecule has 0 N–H and O–H groups in total. The summed E-state index contributed by atoms with van der Waals surface area (Å²) in [5.74, 6) is -0.338. The van der Waals surface area contributed by atoms with Gasteiger partial charge in [-0.3, -0.25) is 0 Å². The summed E-state index contributed by atoms with van der Waals surface area (Å²) in [6.45, 7) is 2.14. The Kier molecular flexibility index (Phi) is 4.66. The summed E-state index contributed by atoms with van der Waals surface area (Å²) in [7, 11) is 0. The van der Waals surface area contributed by atoms with Crippen LogP contribution in [0.4, 0.5) is 0 Å². The number of benzene rings is 1. The van der Waals surface area contributed by atoms with Gasteiger partial charge < -0.3 is 4.74 Å². The zero-order chi connectivity index (χ0) is 13.8. The number of hydrogen-bond donors (Lipinski definition) is 0. The van der Waals surface area contributed by atoms with E-state index in [4.69, 9.17) is 4.74 Å². The normalized spacial score (nSPS) is 10.5. The molecule has 0 spiro atoms. The van der Waals surface area contributed by atoms with Gasteiger partial charge in [0.25, 0.3) is 0 Å². The van der Waals surface area contributed by atoms with E-state index in [0.29, 0.717) is 12.2 Å². The highest BCUT2D eigenvalue weighted by Gasteiger charge is 2.18. The summed E-state index contributed by atoms with van der Waals surface area (Å²) in [5, 5.41) is 5.05. The van der Waals surface area contributed by atoms with Crippen molar-refractivity contribution in [3.8, 4) is 5.69 Å². The second kappa shape index (κ2) is 6.25. The van der Waals surface area contributed by atoms with E-state index in [1.807, 2.05) is 30.5 Å². The van der Waals surface area contributed by atoms with Crippen molar-refractivity contribution in [2.24, 2.45) is 0 Å². The lowest BCUT2D eigenvalue weighted by molar-refractivity contribution is 0.0522. The molecule has 19 heavy (non-hydrogen) atoms. The third-order valence-electron chi connectivity index (χ3n) is 2.48. The van der Waals surface area contributed by atoms with Crippen LogP contribution in [0, 0.1) is 0 Å². The molecule has 0 bridgehead atoms. The fourth-order valence-corrected chi connectivity index (χ4v) is 2.59. The maximum absolute atomic E-state index is 11.8. The third-order valence-corrected chi connectivity index (χ3v) is 3.79. The van der Waals surface area contributed by atoms with Crippen LogP contribution in [-0.4, -0.2) is 28.6 Å². The quantitative estimate of drug-likeness (QED) is 0.630. The Balaban J connectivity index is 2.42. The van der Waals surface area contributed by atoms with Gasteiger partial charge in [0.15, 0.2) is 0 Å². The molecule has 0 fully saturated rings. The monoisotopic (exact) mass is 340 g/mol. The first-order valence-corrected chi connectivity index (χ1v) is 7.74. The van der Waals surface area contributed by atoms with Crippen molar-refractivity contribution < 1.29 is 9.53 Å². The Bertz CT molecular complexity index is 581. The number of thioether (sulfide) groups is 1. The Morgan fingerprint density at radius 1 is 1.42 bits per heavy atom. The Labute approximate surface area is 124 Å². The molecule has 4 nitrogen and oxygen atoms in total. The summed E-state index contributed by atoms with van der Waals surface area (Å²) >= 11 is 4.86. The van der Waals surface area contributed by atoms with Gasteiger partial charge in [-0.2, -0.15) is 5.10 Å². The van der Waals surface area contributed by atoms with Crippen LogP contribution in [-0.2, 0) is 4.74 Å². The van der Waals surface area contributed by atoms with E-state index in [1.165, 1.54) is 11.8 Å². The largest absolute Gasteiger partial charge is 0.462 e. The number of carbonyl (C=O) groups is 1. The molecule has 2 aromatic rings. The van der Waals surface area contributed by atoms with Crippen LogP contribution >= 0.6 is 27.7 Å². The second-order valence-electron chi connectivity index (χ2n) is 3.68. The molecule has 100 valence electrons. The average Bonchev–Trinajstić information content (AvgIpc) is 2.83. The lowest BCUT2D eigenvalue weighted by Gasteiger charge is -2.07. The van der Waals surface area contributed by atoms with Crippen molar-refractivity contribution in [2.45, 2.75) is 11.9 Å². The molecule has 1 aromatic heterocycles. The van der Waals surface area contributed by atoms with Crippen LogP contribution in [0.3, 0.4) is 0 Å². The topological polar surface area (TPSA) is 44.1 Å². The molecule has 0 amide bonds. The Hall–Kier alpha value is -1.27. The summed E-state index contributed by atoms with van der Waals surface area (Å²) in [6, 6.07) is 7.74. The molecule has 1 heterocycles. The first-order valence-electron chi connectivity index (χ1n) is 5.72. The first-order chi connectivity index (χ1) is 9.17. The van der Waals surface area contributed by atoms with E-state index in [0.717, 1.165) is 15.2 Å². The maximum Gasteiger partial charge on any atom is 0.342 e. The van der Waals surface area contributed by atoms with Gasteiger partial charge in [0.1, 0.15) is 10.6 Å². The van der Waals surface area contributed by atoms with E-state index >= 15 is 0 Å². The summed E-state index contributed by atoms with van der Waals surface area (Å²) < 4.78 is 7.76. The van der Waals surface area contributed by atoms with E-state index < -0.39 is 0 Å². The number of ether oxygens (including phenoxy) is 1. The van der Waals surface area contributed by atoms with E-state index in [9.17, 15) is 4.79 Å². The van der Waals surface area contributed by atoms with E-state index in [1.54, 1.807) is 17.8 Å². The van der Waals surface area contributed by atoms with Crippen molar-refractivity contribution in [3.05, 3.63) is 40.5 Å². The molecule has 0 aliphatic rings. The number of rotatable bonds is 4. The maximum atomic E-state index is 11.8. The Morgan fingerprint density at radius 2 is 2.11 bits per heavy atom. The summed E-state index contributed by atoms with van der Waals surface area (Å²) in [5.41, 5.74) is 1.40. The third kappa shape index (κ3) is 3.01. The molecule has 6 heteroatoms. The molecule has 0 saturated heterocycles. The van der Waals surface area contributed by atoms with Gasteiger partial charge in [-0.25, -0.2) is 9.48 Å². The molecule has 0 aliphatic heterocycles. The predicted molar refractivity (Wildman–Crippen MR) is 79.0 cm³/mol. The first kappa shape index (κ1) is 14.1. The van der Waals surface area contributed by atoms with Crippen LogP contribution in [0.15, 0.2) is 40.0 Å². The molecule has 0 atom stereocenters. The number of esters is 1. The summed E-state index contributed by atoms with van der Waals surface area (Å²) in [4.78, 5) is 11.8. The van der Waals surface area contributed by atoms with Crippen molar-refractivity contribution in [1.82, 2.24) is 9.78 Å². The molecule has 0 unspecified atom stereocenters. The molecule has 2 rings (SSSR count). The molecular formula is C13H13BrN2O2S. The summed E-state index contributed by atoms with van der Waals surface area (Å²) in [6.07, 6.45) is 3.46. The zero-order valence-corrected chi connectivity index (χ0v) is 13.0. The molecular weight excluding hydrogens is 328 g/mol. The van der Waals surface area contributed by atoms with Gasteiger partial charge >= 0.3 is 5.97 Å². The smallest absolute Gasteiger partial charge is 0.342 e. The van der Waals surface area contributed by atoms with Crippen LogP contribution < -0.4 is 0 Å². The molecule has 1 aromatic carbocycles. The van der Waals surface area contributed by atoms with Crippen molar-refractivity contribution in [1.29, 1.82) is 0 Å². The number of aromatic nitrogens is 2. The fourth-order valence-electron chi connectivity index (χ4n) is 1.65. The lowest BCUT2D eigenvalue weighted by Crippen LogP contribution is -2.06. The predicted octanol–water partition coefficient (Wildman–Crippen LogP) is 3.53. The lowest BCUT2D eigenvalue weighted by atomic mass is 10.3. The highest BCUT2D eigenvalue weighted by Crippen LogP contribution is 2.25. The van der Waals surface area contributed by atoms with Crippen LogP contribution in [0.2, 0.25) is 0 Å². The van der Waals surface area contributed by atoms with Gasteiger partial charge in [0, 0.05) is 4.47 Å². The minimum atomic E-state index is -0.338. The van der Waals surface area contributed by atoms with Gasteiger partial charge in [0.2, 0.25) is 0 Å². The number of nitrogens with zero attached hydrogens (tertiary/aromatic N) is 2. The number of carbonyl (C=O) groups excluding carboxylic acids is 1. The average molecular weight is 341 g/mol. The standard InChI is InChI=1S/C13H13BrN2O2S/c1-3-18-13(17)11-8-15-16(12(11)19-2)10-6-4-9(14)5-7-10/h4-8H,3H2,1-2H3. The zero-order valence-electron chi connectivity index (χ0n) is 10.6. The molecule has 0 radical (unpaired) electrons. The van der Waals surface area contributed by atoms with Gasteiger partial charge in [-0.15, -0.1) is 11.8 Å². The van der Waals surface area contributed by atoms with Gasteiger partial charge in [-0.05, 0) is 37.4 Å². The molecule has 0 saturated carbocycles. The van der Waals surface area contributed by atoms with E-state index in [2.05, 4.69) is 21.0 Å². The Morgan fingerprint density at radius 3 is 2.68 bits per heavy atom. The SMILES string of the molecule is CCOC(=O)c1cnn(-c2ccc(Br)cc2)c1SC. The van der Waals surface area contributed by atoms with Crippen LogP contribution in [0.5, 0.6) is 0 Å². The number of halogens is 1.